The Kier molecular flexibility index (Phi) is 3.51. The predicted octanol–water partition coefficient (Wildman–Crippen LogP) is 4.30. The molecule has 0 amide bonds. The number of rotatable bonds is 0. The van der Waals surface area contributed by atoms with Gasteiger partial charge in [0.2, 0.25) is 0 Å². The SMILES string of the molecule is FN1C(F)(F)C(F)(C(F)(F)F)CC(F)(C(F)(F)F)C1(F)F. The van der Waals surface area contributed by atoms with Crippen LogP contribution in [0.2, 0.25) is 0 Å². The van der Waals surface area contributed by atoms with Crippen LogP contribution in [-0.2, 0) is 0 Å². The van der Waals surface area contributed by atoms with E-state index < -0.39 is 47.3 Å². The highest BCUT2D eigenvalue weighted by atomic mass is 19.4. The van der Waals surface area contributed by atoms with Crippen molar-refractivity contribution in [3.8, 4) is 0 Å². The number of alkyl halides is 12. The maximum Gasteiger partial charge on any atom is 0.430 e. The van der Waals surface area contributed by atoms with Crippen molar-refractivity contribution in [3.63, 3.8) is 0 Å². The maximum absolute atomic E-state index is 13.2. The van der Waals surface area contributed by atoms with Crippen molar-refractivity contribution in [3.05, 3.63) is 0 Å². The van der Waals surface area contributed by atoms with Gasteiger partial charge in [0.15, 0.2) is 0 Å². The lowest BCUT2D eigenvalue weighted by molar-refractivity contribution is -0.499. The Balaban J connectivity index is 3.64. The van der Waals surface area contributed by atoms with Gasteiger partial charge in [-0.15, -0.1) is 4.48 Å². The Morgan fingerprint density at radius 1 is 0.619 bits per heavy atom. The molecule has 1 rings (SSSR count). The molecule has 21 heavy (non-hydrogen) atoms. The van der Waals surface area contributed by atoms with E-state index in [9.17, 15) is 57.2 Å². The number of nitrogens with zero attached hydrogens (tertiary/aromatic N) is 1. The largest absolute Gasteiger partial charge is 0.430 e. The second-order valence-electron chi connectivity index (χ2n) is 4.14. The minimum Gasteiger partial charge on any atom is -0.225 e. The first-order valence-corrected chi connectivity index (χ1v) is 4.59. The van der Waals surface area contributed by atoms with E-state index in [0.29, 0.717) is 0 Å². The molecule has 2 atom stereocenters. The van der Waals surface area contributed by atoms with E-state index in [1.165, 1.54) is 0 Å². The lowest BCUT2D eigenvalue weighted by atomic mass is 9.80. The van der Waals surface area contributed by atoms with Crippen LogP contribution in [0.25, 0.3) is 0 Å². The molecule has 0 aromatic rings. The molecule has 1 aliphatic heterocycles. The van der Waals surface area contributed by atoms with Crippen LogP contribution in [-0.4, -0.2) is 40.9 Å². The second-order valence-corrected chi connectivity index (χ2v) is 4.14. The fourth-order valence-electron chi connectivity index (χ4n) is 1.58. The number of hydrogen-bond donors (Lipinski definition) is 0. The Labute approximate surface area is 106 Å². The lowest BCUT2D eigenvalue weighted by Gasteiger charge is -2.50. The first-order valence-electron chi connectivity index (χ1n) is 4.59. The average molecular weight is 347 g/mol. The van der Waals surface area contributed by atoms with Crippen LogP contribution in [0.15, 0.2) is 0 Å². The molecule has 1 heterocycles. The quantitative estimate of drug-likeness (QED) is 0.359. The van der Waals surface area contributed by atoms with Gasteiger partial charge in [0, 0.05) is 6.42 Å². The van der Waals surface area contributed by atoms with Crippen molar-refractivity contribution >= 4 is 0 Å². The monoisotopic (exact) mass is 347 g/mol. The average Bonchev–Trinajstić information content (AvgIpc) is 2.22. The minimum atomic E-state index is -6.96. The van der Waals surface area contributed by atoms with Crippen molar-refractivity contribution in [2.45, 2.75) is 42.2 Å². The van der Waals surface area contributed by atoms with Gasteiger partial charge in [-0.1, -0.05) is 0 Å². The van der Waals surface area contributed by atoms with Gasteiger partial charge in [-0.2, -0.15) is 43.9 Å². The zero-order valence-corrected chi connectivity index (χ0v) is 9.07. The maximum atomic E-state index is 13.2. The van der Waals surface area contributed by atoms with Crippen molar-refractivity contribution in [1.29, 1.82) is 0 Å². The van der Waals surface area contributed by atoms with Crippen molar-refractivity contribution in [2.24, 2.45) is 0 Å². The van der Waals surface area contributed by atoms with Crippen LogP contribution in [0.5, 0.6) is 0 Å². The summed E-state index contributed by atoms with van der Waals surface area (Å²) in [7, 11) is 0. The van der Waals surface area contributed by atoms with E-state index in [2.05, 4.69) is 0 Å². The fourth-order valence-corrected chi connectivity index (χ4v) is 1.58. The van der Waals surface area contributed by atoms with Crippen LogP contribution >= 0.6 is 0 Å². The van der Waals surface area contributed by atoms with Gasteiger partial charge in [0.05, 0.1) is 0 Å². The summed E-state index contributed by atoms with van der Waals surface area (Å²) in [6.45, 7) is 0. The molecule has 14 heteroatoms. The molecule has 1 fully saturated rings. The third kappa shape index (κ3) is 1.97. The standard InChI is InChI=1S/C7H2F13N/c8-2(4(10,11)12)1-3(9,5(13,14)15)7(18,19)21(20)6(2,16)17/h1H2. The molecule has 0 spiro atoms. The van der Waals surface area contributed by atoms with Gasteiger partial charge in [-0.25, -0.2) is 8.78 Å². The van der Waals surface area contributed by atoms with E-state index in [1.807, 2.05) is 0 Å². The van der Waals surface area contributed by atoms with Gasteiger partial charge in [-0.05, 0) is 5.12 Å². The van der Waals surface area contributed by atoms with Crippen molar-refractivity contribution in [2.75, 3.05) is 0 Å². The van der Waals surface area contributed by atoms with Crippen LogP contribution in [0.1, 0.15) is 6.42 Å². The number of piperidine rings is 1. The van der Waals surface area contributed by atoms with E-state index in [0.717, 1.165) is 0 Å². The smallest absolute Gasteiger partial charge is 0.225 e. The van der Waals surface area contributed by atoms with Crippen molar-refractivity contribution in [1.82, 2.24) is 5.12 Å². The van der Waals surface area contributed by atoms with Gasteiger partial charge in [0.1, 0.15) is 0 Å². The minimum absolute atomic E-state index is 3.69. The fraction of sp³-hybridized carbons (Fsp3) is 1.00. The summed E-state index contributed by atoms with van der Waals surface area (Å²) >= 11 is 0. The zero-order chi connectivity index (χ0) is 17.3. The van der Waals surface area contributed by atoms with Crippen LogP contribution in [0.4, 0.5) is 57.2 Å². The molecular formula is C7H2F13N. The Hall–Kier alpha value is -0.950. The van der Waals surface area contributed by atoms with E-state index in [4.69, 9.17) is 0 Å². The second kappa shape index (κ2) is 4.07. The molecule has 1 nitrogen and oxygen atoms in total. The van der Waals surface area contributed by atoms with Crippen molar-refractivity contribution < 1.29 is 57.2 Å². The van der Waals surface area contributed by atoms with Crippen LogP contribution < -0.4 is 0 Å². The Bertz CT molecular complexity index is 385. The Morgan fingerprint density at radius 2 is 0.857 bits per heavy atom. The molecule has 1 saturated heterocycles. The molecule has 0 bridgehead atoms. The molecule has 0 N–H and O–H groups in total. The van der Waals surface area contributed by atoms with Crippen LogP contribution in [0.3, 0.4) is 0 Å². The number of hydrogen-bond acceptors (Lipinski definition) is 1. The van der Waals surface area contributed by atoms with E-state index in [1.54, 1.807) is 0 Å². The van der Waals surface area contributed by atoms with Gasteiger partial charge in [-0.3, -0.25) is 0 Å². The third-order valence-corrected chi connectivity index (χ3v) is 2.83. The molecule has 0 aromatic carbocycles. The van der Waals surface area contributed by atoms with Gasteiger partial charge in [0.25, 0.3) is 11.3 Å². The highest BCUT2D eigenvalue weighted by Crippen LogP contribution is 2.64. The first kappa shape index (κ1) is 18.1. The molecule has 1 aliphatic rings. The normalized spacial score (nSPS) is 37.6. The van der Waals surface area contributed by atoms with Gasteiger partial charge < -0.3 is 0 Å². The highest BCUT2D eigenvalue weighted by Gasteiger charge is 2.91. The molecule has 0 aromatic heterocycles. The molecule has 0 aliphatic carbocycles. The molecule has 2 unspecified atom stereocenters. The van der Waals surface area contributed by atoms with E-state index in [-0.39, 0.29) is 0 Å². The zero-order valence-electron chi connectivity index (χ0n) is 9.07. The molecule has 0 saturated carbocycles. The van der Waals surface area contributed by atoms with Gasteiger partial charge >= 0.3 is 24.4 Å². The molecular weight excluding hydrogens is 345 g/mol. The summed E-state index contributed by atoms with van der Waals surface area (Å²) in [6, 6.07) is -13.6. The van der Waals surface area contributed by atoms with E-state index >= 15 is 0 Å². The summed E-state index contributed by atoms with van der Waals surface area (Å²) in [5.41, 5.74) is -13.1. The molecule has 126 valence electrons. The summed E-state index contributed by atoms with van der Waals surface area (Å²) in [6.07, 6.45) is -18.0. The summed E-state index contributed by atoms with van der Waals surface area (Å²) in [5, 5.41) is -3.69. The predicted molar refractivity (Wildman–Crippen MR) is 37.2 cm³/mol. The highest BCUT2D eigenvalue weighted by molar-refractivity contribution is 5.15. The van der Waals surface area contributed by atoms with Crippen LogP contribution in [0, 0.1) is 0 Å². The first-order chi connectivity index (χ1) is 8.86. The lowest BCUT2D eigenvalue weighted by Crippen LogP contribution is -2.78. The summed E-state index contributed by atoms with van der Waals surface area (Å²) in [4.78, 5) is 0. The topological polar surface area (TPSA) is 3.24 Å². The number of halogens is 13. The summed E-state index contributed by atoms with van der Waals surface area (Å²) in [5.74, 6) is 0. The molecule has 0 radical (unpaired) electrons. The Morgan fingerprint density at radius 3 is 1.05 bits per heavy atom. The summed E-state index contributed by atoms with van der Waals surface area (Å²) < 4.78 is 163. The third-order valence-electron chi connectivity index (χ3n) is 2.83.